The van der Waals surface area contributed by atoms with E-state index in [1.807, 2.05) is 11.9 Å². The first-order chi connectivity index (χ1) is 4.35. The van der Waals surface area contributed by atoms with Crippen molar-refractivity contribution in [3.63, 3.8) is 0 Å². The standard InChI is InChI=1S/C6H16N2S/c1-3-8(4-2)9-6-5-7/h3-7H2,1-2H3. The Bertz CT molecular complexity index is 55.0. The Hall–Kier alpha value is 0.270. The maximum atomic E-state index is 5.34. The van der Waals surface area contributed by atoms with Gasteiger partial charge < -0.3 is 5.73 Å². The highest BCUT2D eigenvalue weighted by Crippen LogP contribution is 2.05. The fourth-order valence-electron chi connectivity index (χ4n) is 0.588. The highest BCUT2D eigenvalue weighted by atomic mass is 32.2. The van der Waals surface area contributed by atoms with Crippen molar-refractivity contribution in [1.82, 2.24) is 4.31 Å². The lowest BCUT2D eigenvalue weighted by Gasteiger charge is -2.15. The molecule has 0 saturated heterocycles. The van der Waals surface area contributed by atoms with Gasteiger partial charge in [0.15, 0.2) is 0 Å². The van der Waals surface area contributed by atoms with Crippen molar-refractivity contribution >= 4 is 11.9 Å². The van der Waals surface area contributed by atoms with Crippen LogP contribution >= 0.6 is 11.9 Å². The molecule has 0 rings (SSSR count). The van der Waals surface area contributed by atoms with Crippen LogP contribution < -0.4 is 5.73 Å². The molecule has 0 radical (unpaired) electrons. The molecule has 56 valence electrons. The highest BCUT2D eigenvalue weighted by Gasteiger charge is 1.95. The normalized spacial score (nSPS) is 10.7. The lowest BCUT2D eigenvalue weighted by Crippen LogP contribution is -2.16. The minimum absolute atomic E-state index is 0.779. The van der Waals surface area contributed by atoms with Crippen LogP contribution in [0.25, 0.3) is 0 Å². The summed E-state index contributed by atoms with van der Waals surface area (Å²) < 4.78 is 2.30. The number of rotatable bonds is 5. The van der Waals surface area contributed by atoms with Crippen LogP contribution in [0.2, 0.25) is 0 Å². The summed E-state index contributed by atoms with van der Waals surface area (Å²) in [4.78, 5) is 0. The Balaban J connectivity index is 3.09. The molecule has 3 heteroatoms. The summed E-state index contributed by atoms with van der Waals surface area (Å²) in [5.41, 5.74) is 5.34. The lowest BCUT2D eigenvalue weighted by atomic mass is 10.7. The van der Waals surface area contributed by atoms with Gasteiger partial charge in [0.25, 0.3) is 0 Å². The Morgan fingerprint density at radius 2 is 1.89 bits per heavy atom. The minimum atomic E-state index is 0.779. The summed E-state index contributed by atoms with van der Waals surface area (Å²) in [5, 5.41) is 0. The molecule has 0 atom stereocenters. The van der Waals surface area contributed by atoms with E-state index in [2.05, 4.69) is 18.2 Å². The minimum Gasteiger partial charge on any atom is -0.330 e. The van der Waals surface area contributed by atoms with Crippen LogP contribution in [0.15, 0.2) is 0 Å². The molecule has 0 aliphatic heterocycles. The first-order valence-corrected chi connectivity index (χ1v) is 4.37. The van der Waals surface area contributed by atoms with E-state index >= 15 is 0 Å². The quantitative estimate of drug-likeness (QED) is 0.588. The van der Waals surface area contributed by atoms with Gasteiger partial charge in [-0.05, 0) is 0 Å². The zero-order chi connectivity index (χ0) is 7.11. The van der Waals surface area contributed by atoms with Crippen molar-refractivity contribution in [3.8, 4) is 0 Å². The number of hydrogen-bond donors (Lipinski definition) is 1. The zero-order valence-corrected chi connectivity index (χ0v) is 7.08. The van der Waals surface area contributed by atoms with Crippen molar-refractivity contribution in [1.29, 1.82) is 0 Å². The molecule has 0 aliphatic carbocycles. The van der Waals surface area contributed by atoms with Gasteiger partial charge in [0, 0.05) is 25.4 Å². The van der Waals surface area contributed by atoms with Gasteiger partial charge in [-0.2, -0.15) is 0 Å². The summed E-state index contributed by atoms with van der Waals surface area (Å²) in [5.74, 6) is 1.04. The fourth-order valence-corrected chi connectivity index (χ4v) is 1.32. The van der Waals surface area contributed by atoms with Gasteiger partial charge in [0.2, 0.25) is 0 Å². The summed E-state index contributed by atoms with van der Waals surface area (Å²) in [6, 6.07) is 0. The van der Waals surface area contributed by atoms with E-state index in [1.165, 1.54) is 0 Å². The van der Waals surface area contributed by atoms with Crippen LogP contribution in [0.1, 0.15) is 13.8 Å². The first-order valence-electron chi connectivity index (χ1n) is 3.43. The van der Waals surface area contributed by atoms with Crippen molar-refractivity contribution in [2.75, 3.05) is 25.4 Å². The fraction of sp³-hybridized carbons (Fsp3) is 1.00. The predicted molar refractivity (Wildman–Crippen MR) is 44.4 cm³/mol. The van der Waals surface area contributed by atoms with E-state index in [4.69, 9.17) is 5.73 Å². The van der Waals surface area contributed by atoms with E-state index in [-0.39, 0.29) is 0 Å². The van der Waals surface area contributed by atoms with E-state index in [0.29, 0.717) is 0 Å². The van der Waals surface area contributed by atoms with Crippen molar-refractivity contribution in [2.24, 2.45) is 5.73 Å². The molecule has 0 bridgehead atoms. The molecule has 0 fully saturated rings. The van der Waals surface area contributed by atoms with E-state index in [0.717, 1.165) is 25.4 Å². The largest absolute Gasteiger partial charge is 0.330 e. The van der Waals surface area contributed by atoms with Crippen molar-refractivity contribution in [3.05, 3.63) is 0 Å². The van der Waals surface area contributed by atoms with Crippen LogP contribution in [0.3, 0.4) is 0 Å². The van der Waals surface area contributed by atoms with Gasteiger partial charge in [0.1, 0.15) is 0 Å². The van der Waals surface area contributed by atoms with Crippen molar-refractivity contribution in [2.45, 2.75) is 13.8 Å². The zero-order valence-electron chi connectivity index (χ0n) is 6.26. The average molecular weight is 148 g/mol. The summed E-state index contributed by atoms with van der Waals surface area (Å²) in [6.07, 6.45) is 0. The monoisotopic (exact) mass is 148 g/mol. The molecule has 2 N–H and O–H groups in total. The van der Waals surface area contributed by atoms with Gasteiger partial charge in [-0.3, -0.25) is 4.31 Å². The van der Waals surface area contributed by atoms with Gasteiger partial charge >= 0.3 is 0 Å². The number of nitrogens with two attached hydrogens (primary N) is 1. The van der Waals surface area contributed by atoms with Crippen LogP contribution in [0.5, 0.6) is 0 Å². The molecule has 2 nitrogen and oxygen atoms in total. The molecular weight excluding hydrogens is 132 g/mol. The first kappa shape index (κ1) is 9.27. The van der Waals surface area contributed by atoms with Crippen LogP contribution in [0.4, 0.5) is 0 Å². The van der Waals surface area contributed by atoms with E-state index in [9.17, 15) is 0 Å². The third-order valence-electron chi connectivity index (χ3n) is 1.10. The Labute approximate surface area is 61.9 Å². The second-order valence-corrected chi connectivity index (χ2v) is 2.92. The Kier molecular flexibility index (Phi) is 6.58. The predicted octanol–water partition coefficient (Wildman–Crippen LogP) is 0.935. The molecule has 0 aromatic carbocycles. The smallest absolute Gasteiger partial charge is 0.0204 e. The SMILES string of the molecule is CCN(CC)SCCN. The maximum Gasteiger partial charge on any atom is 0.0204 e. The Morgan fingerprint density at radius 1 is 1.33 bits per heavy atom. The molecule has 0 aliphatic rings. The van der Waals surface area contributed by atoms with Gasteiger partial charge in [-0.15, -0.1) is 0 Å². The average Bonchev–Trinajstić information content (AvgIpc) is 1.91. The van der Waals surface area contributed by atoms with Crippen LogP contribution in [-0.2, 0) is 0 Å². The van der Waals surface area contributed by atoms with Crippen LogP contribution in [0, 0.1) is 0 Å². The third-order valence-corrected chi connectivity index (χ3v) is 2.40. The molecule has 0 aromatic heterocycles. The highest BCUT2D eigenvalue weighted by molar-refractivity contribution is 7.97. The molecule has 0 heterocycles. The van der Waals surface area contributed by atoms with E-state index in [1.54, 1.807) is 0 Å². The third kappa shape index (κ3) is 4.75. The second kappa shape index (κ2) is 6.39. The number of hydrogen-bond acceptors (Lipinski definition) is 3. The molecule has 9 heavy (non-hydrogen) atoms. The van der Waals surface area contributed by atoms with Crippen LogP contribution in [-0.4, -0.2) is 29.7 Å². The van der Waals surface area contributed by atoms with Gasteiger partial charge in [-0.1, -0.05) is 25.8 Å². The number of nitrogens with zero attached hydrogens (tertiary/aromatic N) is 1. The summed E-state index contributed by atoms with van der Waals surface area (Å²) in [6.45, 7) is 7.32. The molecule has 0 unspecified atom stereocenters. The summed E-state index contributed by atoms with van der Waals surface area (Å²) >= 11 is 1.83. The molecular formula is C6H16N2S. The second-order valence-electron chi connectivity index (χ2n) is 1.74. The molecule has 0 amide bonds. The molecule has 0 aromatic rings. The van der Waals surface area contributed by atoms with Crippen molar-refractivity contribution < 1.29 is 0 Å². The maximum absolute atomic E-state index is 5.34. The van der Waals surface area contributed by atoms with Gasteiger partial charge in [0.05, 0.1) is 0 Å². The molecule has 0 spiro atoms. The van der Waals surface area contributed by atoms with Gasteiger partial charge in [-0.25, -0.2) is 0 Å². The molecule has 0 saturated carbocycles. The summed E-state index contributed by atoms with van der Waals surface area (Å²) in [7, 11) is 0. The Morgan fingerprint density at radius 3 is 2.22 bits per heavy atom. The van der Waals surface area contributed by atoms with E-state index < -0.39 is 0 Å². The lowest BCUT2D eigenvalue weighted by molar-refractivity contribution is 0.525. The topological polar surface area (TPSA) is 29.3 Å².